The molecule has 0 radical (unpaired) electrons. The van der Waals surface area contributed by atoms with Gasteiger partial charge in [0.15, 0.2) is 0 Å². The van der Waals surface area contributed by atoms with Gasteiger partial charge < -0.3 is 16.1 Å². The fourth-order valence-corrected chi connectivity index (χ4v) is 3.15. The molecule has 3 aromatic rings. The summed E-state index contributed by atoms with van der Waals surface area (Å²) in [6.07, 6.45) is 1.64. The molecule has 1 amide bonds. The first-order valence-corrected chi connectivity index (χ1v) is 10.3. The van der Waals surface area contributed by atoms with Crippen LogP contribution in [0.25, 0.3) is 0 Å². The van der Waals surface area contributed by atoms with Crippen LogP contribution in [0.1, 0.15) is 11.1 Å². The molecule has 0 unspecified atom stereocenters. The van der Waals surface area contributed by atoms with Crippen LogP contribution in [-0.4, -0.2) is 46.8 Å². The van der Waals surface area contributed by atoms with Gasteiger partial charge in [-0.15, -0.1) is 10.2 Å². The van der Waals surface area contributed by atoms with Crippen LogP contribution in [0.4, 0.5) is 16.0 Å². The molecule has 11 heteroatoms. The van der Waals surface area contributed by atoms with Crippen molar-refractivity contribution < 1.29 is 9.18 Å². The van der Waals surface area contributed by atoms with E-state index in [4.69, 9.17) is 5.84 Å². The van der Waals surface area contributed by atoms with Gasteiger partial charge in [-0.3, -0.25) is 4.79 Å². The minimum Gasteiger partial charge on any atom is -0.378 e. The number of anilines is 2. The van der Waals surface area contributed by atoms with Crippen LogP contribution in [0.2, 0.25) is 0 Å². The van der Waals surface area contributed by atoms with Gasteiger partial charge in [0, 0.05) is 26.3 Å². The molecule has 31 heavy (non-hydrogen) atoms. The zero-order valence-corrected chi connectivity index (χ0v) is 17.9. The van der Waals surface area contributed by atoms with Crippen LogP contribution in [-0.2, 0) is 11.3 Å². The second-order valence-corrected chi connectivity index (χ2v) is 7.67. The summed E-state index contributed by atoms with van der Waals surface area (Å²) in [7, 11) is 3.95. The summed E-state index contributed by atoms with van der Waals surface area (Å²) in [6.45, 7) is 0.312. The highest BCUT2D eigenvalue weighted by atomic mass is 32.2. The van der Waals surface area contributed by atoms with Crippen molar-refractivity contribution in [2.45, 2.75) is 11.7 Å². The van der Waals surface area contributed by atoms with Gasteiger partial charge in [-0.25, -0.2) is 14.5 Å². The molecule has 3 rings (SSSR count). The number of carbonyl (C=O) groups excluding carboxylic acids is 1. The average molecular weight is 443 g/mol. The number of hydrazone groups is 1. The van der Waals surface area contributed by atoms with Gasteiger partial charge in [0.2, 0.25) is 11.1 Å². The number of hydrogen-bond acceptors (Lipinski definition) is 8. The lowest BCUT2D eigenvalue weighted by atomic mass is 10.2. The molecule has 0 aliphatic rings. The Morgan fingerprint density at radius 1 is 1.19 bits per heavy atom. The van der Waals surface area contributed by atoms with Crippen molar-refractivity contribution in [3.8, 4) is 0 Å². The smallest absolute Gasteiger partial charge is 0.264 e. The number of nitrogens with one attached hydrogen (secondary N) is 2. The summed E-state index contributed by atoms with van der Waals surface area (Å²) in [5.74, 6) is 5.80. The van der Waals surface area contributed by atoms with Crippen molar-refractivity contribution in [3.63, 3.8) is 0 Å². The summed E-state index contributed by atoms with van der Waals surface area (Å²) in [5, 5.41) is 15.1. The Bertz CT molecular complexity index is 1030. The number of nitrogen functional groups attached to an aromatic ring is 1. The van der Waals surface area contributed by atoms with Crippen molar-refractivity contribution in [3.05, 3.63) is 65.5 Å². The van der Waals surface area contributed by atoms with Gasteiger partial charge in [0.05, 0.1) is 12.0 Å². The van der Waals surface area contributed by atoms with E-state index in [-0.39, 0.29) is 23.4 Å². The molecule has 0 atom stereocenters. The van der Waals surface area contributed by atoms with E-state index in [1.54, 1.807) is 18.3 Å². The minimum absolute atomic E-state index is 0.109. The van der Waals surface area contributed by atoms with Gasteiger partial charge in [0.1, 0.15) is 5.82 Å². The molecule has 4 N–H and O–H groups in total. The van der Waals surface area contributed by atoms with Crippen molar-refractivity contribution >= 4 is 35.5 Å². The maximum atomic E-state index is 12.9. The number of rotatable bonds is 9. The number of halogens is 1. The molecule has 0 fully saturated rings. The molecule has 1 aromatic heterocycles. The highest BCUT2D eigenvalue weighted by Gasteiger charge is 2.12. The van der Waals surface area contributed by atoms with Crippen molar-refractivity contribution in [1.82, 2.24) is 20.2 Å². The van der Waals surface area contributed by atoms with E-state index in [0.717, 1.165) is 28.6 Å². The van der Waals surface area contributed by atoms with Gasteiger partial charge in [-0.1, -0.05) is 36.0 Å². The molecule has 0 bridgehead atoms. The summed E-state index contributed by atoms with van der Waals surface area (Å²) >= 11 is 1.14. The van der Waals surface area contributed by atoms with Crippen LogP contribution in [0.3, 0.4) is 0 Å². The summed E-state index contributed by atoms with van der Waals surface area (Å²) in [6, 6.07) is 13.8. The van der Waals surface area contributed by atoms with E-state index in [1.165, 1.54) is 16.8 Å². The number of thioether (sulfide) groups is 1. The largest absolute Gasteiger partial charge is 0.378 e. The average Bonchev–Trinajstić information content (AvgIpc) is 3.11. The maximum Gasteiger partial charge on any atom is 0.264 e. The second kappa shape index (κ2) is 10.4. The van der Waals surface area contributed by atoms with Gasteiger partial charge in [-0.05, 0) is 35.4 Å². The van der Waals surface area contributed by atoms with E-state index < -0.39 is 0 Å². The molecule has 0 saturated heterocycles. The molecular weight excluding hydrogens is 419 g/mol. The predicted molar refractivity (Wildman–Crippen MR) is 121 cm³/mol. The lowest BCUT2D eigenvalue weighted by molar-refractivity contribution is -0.118. The Balaban J connectivity index is 1.46. The first-order valence-electron chi connectivity index (χ1n) is 9.33. The predicted octanol–water partition coefficient (Wildman–Crippen LogP) is 2.05. The molecule has 0 aliphatic carbocycles. The lowest BCUT2D eigenvalue weighted by Crippen LogP contribution is -2.25. The molecule has 9 nitrogen and oxygen atoms in total. The number of nitrogens with zero attached hydrogens (tertiary/aromatic N) is 5. The molecule has 162 valence electrons. The van der Waals surface area contributed by atoms with E-state index in [1.807, 2.05) is 43.3 Å². The number of benzene rings is 2. The molecule has 1 heterocycles. The quantitative estimate of drug-likeness (QED) is 0.201. The monoisotopic (exact) mass is 442 g/mol. The number of hydrogen-bond donors (Lipinski definition) is 3. The van der Waals surface area contributed by atoms with Crippen LogP contribution in [0.5, 0.6) is 0 Å². The summed E-state index contributed by atoms with van der Waals surface area (Å²) in [4.78, 5) is 14.0. The van der Waals surface area contributed by atoms with Crippen LogP contribution in [0, 0.1) is 5.82 Å². The fourth-order valence-electron chi connectivity index (χ4n) is 2.46. The normalized spacial score (nSPS) is 10.9. The van der Waals surface area contributed by atoms with Crippen LogP contribution in [0.15, 0.2) is 58.8 Å². The third-order valence-electron chi connectivity index (χ3n) is 4.19. The molecule has 0 aliphatic heterocycles. The number of aromatic nitrogens is 3. The summed E-state index contributed by atoms with van der Waals surface area (Å²) < 4.78 is 14.1. The van der Waals surface area contributed by atoms with Crippen molar-refractivity contribution in [2.24, 2.45) is 5.10 Å². The van der Waals surface area contributed by atoms with Gasteiger partial charge in [-0.2, -0.15) is 5.10 Å². The van der Waals surface area contributed by atoms with Gasteiger partial charge in [0.25, 0.3) is 5.95 Å². The highest BCUT2D eigenvalue weighted by Crippen LogP contribution is 2.16. The van der Waals surface area contributed by atoms with Crippen molar-refractivity contribution in [2.75, 3.05) is 36.0 Å². The Kier molecular flexibility index (Phi) is 7.44. The SMILES string of the molecule is CN(C)c1ccc(/C=N/Nc2nnc(SCC(=O)NCc3ccc(F)cc3)n2N)cc1. The second-order valence-electron chi connectivity index (χ2n) is 6.72. The lowest BCUT2D eigenvalue weighted by Gasteiger charge is -2.11. The van der Waals surface area contributed by atoms with Crippen molar-refractivity contribution in [1.29, 1.82) is 0 Å². The number of carbonyl (C=O) groups is 1. The van der Waals surface area contributed by atoms with Crippen LogP contribution < -0.4 is 21.5 Å². The Labute approximate surface area is 183 Å². The van der Waals surface area contributed by atoms with Gasteiger partial charge >= 0.3 is 0 Å². The van der Waals surface area contributed by atoms with E-state index in [0.29, 0.717) is 11.7 Å². The Morgan fingerprint density at radius 2 is 1.90 bits per heavy atom. The Morgan fingerprint density at radius 3 is 2.58 bits per heavy atom. The molecule has 0 spiro atoms. The summed E-state index contributed by atoms with van der Waals surface area (Å²) in [5.41, 5.74) is 5.55. The fraction of sp³-hybridized carbons (Fsp3) is 0.200. The standard InChI is InChI=1S/C20H23FN8OS/c1-28(2)17-9-5-15(6-10-17)12-24-25-19-26-27-20(29(19)22)31-13-18(30)23-11-14-3-7-16(21)8-4-14/h3-10,12H,11,13,22H2,1-2H3,(H,23,30)(H,25,26)/b24-12+. The van der Waals surface area contributed by atoms with E-state index in [2.05, 4.69) is 26.0 Å². The third-order valence-corrected chi connectivity index (χ3v) is 5.13. The number of amides is 1. The zero-order valence-electron chi connectivity index (χ0n) is 17.1. The van der Waals surface area contributed by atoms with Crippen LogP contribution >= 0.6 is 11.8 Å². The Hall–Kier alpha value is -3.60. The van der Waals surface area contributed by atoms with E-state index >= 15 is 0 Å². The first kappa shape index (κ1) is 22.1. The number of nitrogens with two attached hydrogens (primary N) is 1. The maximum absolute atomic E-state index is 12.9. The van der Waals surface area contributed by atoms with E-state index in [9.17, 15) is 9.18 Å². The topological polar surface area (TPSA) is 113 Å². The molecule has 2 aromatic carbocycles. The molecular formula is C20H23FN8OS. The minimum atomic E-state index is -0.316. The first-order chi connectivity index (χ1) is 14.9. The zero-order chi connectivity index (χ0) is 22.2. The highest BCUT2D eigenvalue weighted by molar-refractivity contribution is 7.99. The molecule has 0 saturated carbocycles. The third kappa shape index (κ3) is 6.44.